The Balaban J connectivity index is 2.20. The zero-order chi connectivity index (χ0) is 10.7. The second-order valence-corrected chi connectivity index (χ2v) is 3.73. The summed E-state index contributed by atoms with van der Waals surface area (Å²) in [5.41, 5.74) is 1.81. The molecule has 0 aliphatic rings. The summed E-state index contributed by atoms with van der Waals surface area (Å²) in [7, 11) is 0. The Morgan fingerprint density at radius 2 is 2.20 bits per heavy atom. The summed E-state index contributed by atoms with van der Waals surface area (Å²) in [6.07, 6.45) is 0. The number of hydrogen-bond acceptors (Lipinski definition) is 3. The fraction of sp³-hybridized carbons (Fsp3) is 0.417. The van der Waals surface area contributed by atoms with Crippen LogP contribution < -0.4 is 5.32 Å². The van der Waals surface area contributed by atoms with Crippen molar-refractivity contribution in [3.05, 3.63) is 30.2 Å². The molecular formula is C12H16N2O. The van der Waals surface area contributed by atoms with Gasteiger partial charge in [-0.3, -0.25) is 0 Å². The summed E-state index contributed by atoms with van der Waals surface area (Å²) < 4.78 is 5.68. The summed E-state index contributed by atoms with van der Waals surface area (Å²) in [5, 5.41) is 3.29. The normalized spacial score (nSPS) is 13.2. The maximum absolute atomic E-state index is 5.68. The first kappa shape index (κ1) is 10.2. The smallest absolute Gasteiger partial charge is 0.199 e. The van der Waals surface area contributed by atoms with Crippen LogP contribution in [0.5, 0.6) is 0 Å². The first-order valence-electron chi connectivity index (χ1n) is 5.37. The minimum Gasteiger partial charge on any atom is -0.440 e. The summed E-state index contributed by atoms with van der Waals surface area (Å²) in [5.74, 6) is 1.13. The van der Waals surface area contributed by atoms with E-state index in [1.165, 1.54) is 0 Å². The summed E-state index contributed by atoms with van der Waals surface area (Å²) in [6.45, 7) is 6.10. The Hall–Kier alpha value is -1.35. The average Bonchev–Trinajstić information content (AvgIpc) is 2.69. The zero-order valence-corrected chi connectivity index (χ0v) is 9.16. The Morgan fingerprint density at radius 3 is 2.93 bits per heavy atom. The van der Waals surface area contributed by atoms with Crippen LogP contribution in [0.15, 0.2) is 28.7 Å². The van der Waals surface area contributed by atoms with Gasteiger partial charge in [0, 0.05) is 12.5 Å². The third-order valence-electron chi connectivity index (χ3n) is 2.43. The average molecular weight is 204 g/mol. The van der Waals surface area contributed by atoms with E-state index in [1.807, 2.05) is 24.3 Å². The minimum absolute atomic E-state index is 0.317. The van der Waals surface area contributed by atoms with E-state index in [1.54, 1.807) is 0 Å². The van der Waals surface area contributed by atoms with Gasteiger partial charge in [-0.2, -0.15) is 0 Å². The van der Waals surface area contributed by atoms with Crippen molar-refractivity contribution < 1.29 is 4.42 Å². The molecule has 0 bridgehead atoms. The highest BCUT2D eigenvalue weighted by atomic mass is 16.3. The molecule has 1 aromatic carbocycles. The maximum Gasteiger partial charge on any atom is 0.199 e. The van der Waals surface area contributed by atoms with Crippen LogP contribution in [0.2, 0.25) is 0 Å². The molecule has 0 radical (unpaired) electrons. The predicted octanol–water partition coefficient (Wildman–Crippen LogP) is 2.54. The van der Waals surface area contributed by atoms with Gasteiger partial charge in [0.2, 0.25) is 0 Å². The number of aromatic nitrogens is 1. The largest absolute Gasteiger partial charge is 0.440 e. The molecule has 3 heteroatoms. The summed E-state index contributed by atoms with van der Waals surface area (Å²) in [4.78, 5) is 4.46. The molecule has 0 saturated heterocycles. The van der Waals surface area contributed by atoms with Crippen molar-refractivity contribution in [3.8, 4) is 0 Å². The number of oxazole rings is 1. The number of fused-ring (bicyclic) bond motifs is 1. The van der Waals surface area contributed by atoms with Crippen molar-refractivity contribution in [2.75, 3.05) is 13.1 Å². The lowest BCUT2D eigenvalue weighted by Gasteiger charge is -2.06. The molecule has 0 fully saturated rings. The van der Waals surface area contributed by atoms with Crippen LogP contribution in [0.4, 0.5) is 0 Å². The van der Waals surface area contributed by atoms with E-state index in [-0.39, 0.29) is 0 Å². The standard InChI is InChI=1S/C12H16N2O/c1-3-13-8-9(2)12-14-10-6-4-5-7-11(10)15-12/h4-7,9,13H,3,8H2,1-2H3. The zero-order valence-electron chi connectivity index (χ0n) is 9.16. The van der Waals surface area contributed by atoms with E-state index >= 15 is 0 Å². The van der Waals surface area contributed by atoms with Crippen LogP contribution in [0.1, 0.15) is 25.7 Å². The van der Waals surface area contributed by atoms with Crippen molar-refractivity contribution in [1.82, 2.24) is 10.3 Å². The highest BCUT2D eigenvalue weighted by Gasteiger charge is 2.12. The molecule has 0 saturated carbocycles. The Kier molecular flexibility index (Phi) is 3.02. The quantitative estimate of drug-likeness (QED) is 0.831. The topological polar surface area (TPSA) is 38.1 Å². The van der Waals surface area contributed by atoms with Gasteiger partial charge in [-0.25, -0.2) is 4.98 Å². The molecule has 0 aliphatic heterocycles. The third-order valence-corrected chi connectivity index (χ3v) is 2.43. The highest BCUT2D eigenvalue weighted by Crippen LogP contribution is 2.20. The minimum atomic E-state index is 0.317. The number of para-hydroxylation sites is 2. The molecule has 1 N–H and O–H groups in total. The van der Waals surface area contributed by atoms with E-state index in [0.29, 0.717) is 5.92 Å². The molecule has 0 spiro atoms. The Morgan fingerprint density at radius 1 is 1.40 bits per heavy atom. The summed E-state index contributed by atoms with van der Waals surface area (Å²) in [6, 6.07) is 7.87. The molecule has 15 heavy (non-hydrogen) atoms. The van der Waals surface area contributed by atoms with Crippen LogP contribution in [0.25, 0.3) is 11.1 Å². The van der Waals surface area contributed by atoms with E-state index in [9.17, 15) is 0 Å². The molecule has 80 valence electrons. The summed E-state index contributed by atoms with van der Waals surface area (Å²) >= 11 is 0. The molecule has 1 atom stereocenters. The van der Waals surface area contributed by atoms with Crippen LogP contribution in [-0.2, 0) is 0 Å². The molecule has 1 unspecified atom stereocenters. The van der Waals surface area contributed by atoms with Gasteiger partial charge in [-0.1, -0.05) is 26.0 Å². The maximum atomic E-state index is 5.68. The van der Waals surface area contributed by atoms with Crippen molar-refractivity contribution in [1.29, 1.82) is 0 Å². The first-order chi connectivity index (χ1) is 7.31. The lowest BCUT2D eigenvalue weighted by molar-refractivity contribution is 0.470. The van der Waals surface area contributed by atoms with Crippen molar-refractivity contribution in [3.63, 3.8) is 0 Å². The molecule has 1 heterocycles. The van der Waals surface area contributed by atoms with Gasteiger partial charge in [0.1, 0.15) is 5.52 Å². The highest BCUT2D eigenvalue weighted by molar-refractivity contribution is 5.72. The lowest BCUT2D eigenvalue weighted by Crippen LogP contribution is -2.19. The van der Waals surface area contributed by atoms with Crippen molar-refractivity contribution >= 4 is 11.1 Å². The third kappa shape index (κ3) is 2.18. The number of hydrogen-bond donors (Lipinski definition) is 1. The molecule has 3 nitrogen and oxygen atoms in total. The SMILES string of the molecule is CCNCC(C)c1nc2ccccc2o1. The van der Waals surface area contributed by atoms with Gasteiger partial charge in [0.25, 0.3) is 0 Å². The van der Waals surface area contributed by atoms with Gasteiger partial charge in [-0.05, 0) is 18.7 Å². The van der Waals surface area contributed by atoms with Crippen molar-refractivity contribution in [2.45, 2.75) is 19.8 Å². The fourth-order valence-corrected chi connectivity index (χ4v) is 1.55. The first-order valence-corrected chi connectivity index (χ1v) is 5.37. The molecule has 0 amide bonds. The number of nitrogens with zero attached hydrogens (tertiary/aromatic N) is 1. The number of nitrogens with one attached hydrogen (secondary N) is 1. The van der Waals surface area contributed by atoms with Crippen LogP contribution >= 0.6 is 0 Å². The lowest BCUT2D eigenvalue weighted by atomic mass is 10.2. The molecule has 1 aromatic heterocycles. The van der Waals surface area contributed by atoms with Crippen LogP contribution in [0, 0.1) is 0 Å². The molecular weight excluding hydrogens is 188 g/mol. The van der Waals surface area contributed by atoms with Gasteiger partial charge in [0.15, 0.2) is 11.5 Å². The van der Waals surface area contributed by atoms with Crippen LogP contribution in [-0.4, -0.2) is 18.1 Å². The monoisotopic (exact) mass is 204 g/mol. The number of rotatable bonds is 4. The van der Waals surface area contributed by atoms with Gasteiger partial charge in [-0.15, -0.1) is 0 Å². The Bertz CT molecular complexity index is 403. The van der Waals surface area contributed by atoms with E-state index in [2.05, 4.69) is 24.1 Å². The van der Waals surface area contributed by atoms with Gasteiger partial charge < -0.3 is 9.73 Å². The van der Waals surface area contributed by atoms with E-state index < -0.39 is 0 Å². The van der Waals surface area contributed by atoms with Gasteiger partial charge in [0.05, 0.1) is 0 Å². The van der Waals surface area contributed by atoms with Gasteiger partial charge >= 0.3 is 0 Å². The molecule has 2 rings (SSSR count). The number of benzene rings is 1. The fourth-order valence-electron chi connectivity index (χ4n) is 1.55. The number of likely N-dealkylation sites (N-methyl/N-ethyl adjacent to an activating group) is 1. The van der Waals surface area contributed by atoms with E-state index in [4.69, 9.17) is 4.42 Å². The Labute approximate surface area is 89.5 Å². The molecule has 2 aromatic rings. The second-order valence-electron chi connectivity index (χ2n) is 3.73. The van der Waals surface area contributed by atoms with E-state index in [0.717, 1.165) is 30.1 Å². The van der Waals surface area contributed by atoms with Crippen LogP contribution in [0.3, 0.4) is 0 Å². The molecule has 0 aliphatic carbocycles. The van der Waals surface area contributed by atoms with Crippen molar-refractivity contribution in [2.24, 2.45) is 0 Å². The second kappa shape index (κ2) is 4.45. The predicted molar refractivity (Wildman–Crippen MR) is 61.0 cm³/mol.